The molecule has 106 valence electrons. The molecule has 0 atom stereocenters. The van der Waals surface area contributed by atoms with Gasteiger partial charge in [0.05, 0.1) is 24.3 Å². The number of aromatic nitrogens is 3. The van der Waals surface area contributed by atoms with E-state index in [0.717, 1.165) is 11.5 Å². The number of nitrogens with zero attached hydrogens (tertiary/aromatic N) is 5. The van der Waals surface area contributed by atoms with Crippen molar-refractivity contribution in [1.29, 1.82) is 5.26 Å². The second-order valence-electron chi connectivity index (χ2n) is 4.63. The number of hydrogen-bond acceptors (Lipinski definition) is 7. The van der Waals surface area contributed by atoms with Gasteiger partial charge < -0.3 is 9.64 Å². The van der Waals surface area contributed by atoms with Crippen molar-refractivity contribution in [2.75, 3.05) is 13.1 Å². The molecule has 1 aliphatic heterocycles. The van der Waals surface area contributed by atoms with Crippen LogP contribution in [0.25, 0.3) is 0 Å². The van der Waals surface area contributed by atoms with E-state index in [1.165, 1.54) is 6.20 Å². The Labute approximate surface area is 125 Å². The molecule has 0 aliphatic carbocycles. The number of carbonyl (C=O) groups excluding carboxylic acids is 1. The van der Waals surface area contributed by atoms with Crippen molar-refractivity contribution in [2.45, 2.75) is 13.0 Å². The third-order valence-electron chi connectivity index (χ3n) is 3.13. The molecule has 3 heterocycles. The third kappa shape index (κ3) is 2.68. The summed E-state index contributed by atoms with van der Waals surface area (Å²) in [7, 11) is 0. The van der Waals surface area contributed by atoms with Gasteiger partial charge in [0.2, 0.25) is 5.88 Å². The van der Waals surface area contributed by atoms with Crippen molar-refractivity contribution < 1.29 is 9.53 Å². The van der Waals surface area contributed by atoms with Crippen molar-refractivity contribution in [3.63, 3.8) is 0 Å². The Bertz CT molecular complexity index is 700. The second kappa shape index (κ2) is 5.46. The number of aryl methyl sites for hydroxylation is 1. The molecule has 0 aromatic carbocycles. The summed E-state index contributed by atoms with van der Waals surface area (Å²) < 4.78 is 9.40. The molecule has 1 aliphatic rings. The van der Waals surface area contributed by atoms with Crippen molar-refractivity contribution >= 4 is 17.4 Å². The summed E-state index contributed by atoms with van der Waals surface area (Å²) in [5, 5.41) is 12.5. The predicted molar refractivity (Wildman–Crippen MR) is 73.9 cm³/mol. The van der Waals surface area contributed by atoms with E-state index >= 15 is 0 Å². The standard InChI is InChI=1S/C13H11N5O2S/c1-8-12(21-17-16-8)13(19)18-6-10(7-18)20-11-3-2-9(4-14)5-15-11/h2-3,5,10H,6-7H2,1H3. The van der Waals surface area contributed by atoms with E-state index in [1.807, 2.05) is 6.07 Å². The van der Waals surface area contributed by atoms with Gasteiger partial charge in [-0.15, -0.1) is 5.10 Å². The lowest BCUT2D eigenvalue weighted by atomic mass is 10.1. The Kier molecular flexibility index (Phi) is 3.50. The zero-order chi connectivity index (χ0) is 14.8. The summed E-state index contributed by atoms with van der Waals surface area (Å²) in [6, 6.07) is 5.30. The molecule has 21 heavy (non-hydrogen) atoms. The minimum Gasteiger partial charge on any atom is -0.471 e. The summed E-state index contributed by atoms with van der Waals surface area (Å²) in [5.74, 6) is 0.400. The van der Waals surface area contributed by atoms with Crippen LogP contribution >= 0.6 is 11.5 Å². The van der Waals surface area contributed by atoms with Gasteiger partial charge in [-0.3, -0.25) is 4.79 Å². The number of nitriles is 1. The van der Waals surface area contributed by atoms with Crippen molar-refractivity contribution in [2.24, 2.45) is 0 Å². The molecule has 1 saturated heterocycles. The number of rotatable bonds is 3. The molecule has 1 fully saturated rings. The van der Waals surface area contributed by atoms with Gasteiger partial charge in [-0.25, -0.2) is 4.98 Å². The first-order valence-corrected chi connectivity index (χ1v) is 7.05. The van der Waals surface area contributed by atoms with Crippen LogP contribution in [0, 0.1) is 18.3 Å². The van der Waals surface area contributed by atoms with Gasteiger partial charge in [-0.05, 0) is 24.5 Å². The number of amides is 1. The Morgan fingerprint density at radius 3 is 2.90 bits per heavy atom. The molecule has 2 aromatic rings. The van der Waals surface area contributed by atoms with Crippen LogP contribution in [-0.2, 0) is 0 Å². The number of pyridine rings is 1. The second-order valence-corrected chi connectivity index (χ2v) is 5.39. The fourth-order valence-electron chi connectivity index (χ4n) is 1.94. The summed E-state index contributed by atoms with van der Waals surface area (Å²) in [6.45, 7) is 2.79. The van der Waals surface area contributed by atoms with Crippen molar-refractivity contribution in [1.82, 2.24) is 19.5 Å². The first-order chi connectivity index (χ1) is 10.2. The number of hydrogen-bond donors (Lipinski definition) is 0. The maximum Gasteiger partial charge on any atom is 0.267 e. The summed E-state index contributed by atoms with van der Waals surface area (Å²) in [4.78, 5) is 18.4. The highest BCUT2D eigenvalue weighted by Gasteiger charge is 2.34. The van der Waals surface area contributed by atoms with Crippen LogP contribution in [0.4, 0.5) is 0 Å². The molecule has 0 N–H and O–H groups in total. The molecule has 0 spiro atoms. The first-order valence-electron chi connectivity index (χ1n) is 6.28. The van der Waals surface area contributed by atoms with Crippen molar-refractivity contribution in [3.8, 4) is 11.9 Å². The average molecular weight is 301 g/mol. The van der Waals surface area contributed by atoms with Crippen LogP contribution in [0.3, 0.4) is 0 Å². The van der Waals surface area contributed by atoms with E-state index < -0.39 is 0 Å². The molecule has 3 rings (SSSR count). The largest absolute Gasteiger partial charge is 0.471 e. The molecule has 1 amide bonds. The molecule has 0 radical (unpaired) electrons. The van der Waals surface area contributed by atoms with Crippen LogP contribution < -0.4 is 4.74 Å². The van der Waals surface area contributed by atoms with Gasteiger partial charge in [0.1, 0.15) is 17.1 Å². The van der Waals surface area contributed by atoms with Crippen LogP contribution in [-0.4, -0.2) is 44.6 Å². The highest BCUT2D eigenvalue weighted by atomic mass is 32.1. The lowest BCUT2D eigenvalue weighted by molar-refractivity contribution is 0.0163. The lowest BCUT2D eigenvalue weighted by Gasteiger charge is -2.38. The van der Waals surface area contributed by atoms with Crippen LogP contribution in [0.2, 0.25) is 0 Å². The topological polar surface area (TPSA) is 92.0 Å². The fraction of sp³-hybridized carbons (Fsp3) is 0.308. The molecule has 7 nitrogen and oxygen atoms in total. The SMILES string of the molecule is Cc1nnsc1C(=O)N1CC(Oc2ccc(C#N)cn2)C1. The maximum absolute atomic E-state index is 12.1. The van der Waals surface area contributed by atoms with E-state index in [2.05, 4.69) is 14.6 Å². The van der Waals surface area contributed by atoms with E-state index in [1.54, 1.807) is 24.0 Å². The van der Waals surface area contributed by atoms with Gasteiger partial charge in [0.15, 0.2) is 0 Å². The number of ether oxygens (including phenoxy) is 1. The minimum absolute atomic E-state index is 0.0601. The fourth-order valence-corrected chi connectivity index (χ4v) is 2.56. The molecule has 0 bridgehead atoms. The summed E-state index contributed by atoms with van der Waals surface area (Å²) in [5.41, 5.74) is 1.14. The first kappa shape index (κ1) is 13.5. The average Bonchev–Trinajstić information content (AvgIpc) is 2.88. The monoisotopic (exact) mass is 301 g/mol. The Morgan fingerprint density at radius 2 is 2.33 bits per heavy atom. The predicted octanol–water partition coefficient (Wildman–Crippen LogP) is 1.02. The Morgan fingerprint density at radius 1 is 1.52 bits per heavy atom. The van der Waals surface area contributed by atoms with Gasteiger partial charge in [0.25, 0.3) is 5.91 Å². The number of carbonyl (C=O) groups is 1. The zero-order valence-corrected chi connectivity index (χ0v) is 12.0. The van der Waals surface area contributed by atoms with Crippen LogP contribution in [0.1, 0.15) is 20.9 Å². The van der Waals surface area contributed by atoms with Crippen LogP contribution in [0.15, 0.2) is 18.3 Å². The molecule has 0 unspecified atom stereocenters. The maximum atomic E-state index is 12.1. The summed E-state index contributed by atoms with van der Waals surface area (Å²) in [6.07, 6.45) is 1.39. The highest BCUT2D eigenvalue weighted by Crippen LogP contribution is 2.20. The van der Waals surface area contributed by atoms with Crippen molar-refractivity contribution in [3.05, 3.63) is 34.5 Å². The normalized spacial score (nSPS) is 14.4. The molecular formula is C13H11N5O2S. The van der Waals surface area contributed by atoms with Crippen LogP contribution in [0.5, 0.6) is 5.88 Å². The highest BCUT2D eigenvalue weighted by molar-refractivity contribution is 7.07. The molecule has 2 aromatic heterocycles. The lowest BCUT2D eigenvalue weighted by Crippen LogP contribution is -2.56. The van der Waals surface area contributed by atoms with Gasteiger partial charge in [-0.2, -0.15) is 5.26 Å². The quantitative estimate of drug-likeness (QED) is 0.840. The van der Waals surface area contributed by atoms with E-state index in [4.69, 9.17) is 10.00 Å². The smallest absolute Gasteiger partial charge is 0.267 e. The summed E-state index contributed by atoms with van der Waals surface area (Å²) >= 11 is 1.11. The Hall–Kier alpha value is -2.53. The van der Waals surface area contributed by atoms with Gasteiger partial charge in [0, 0.05) is 12.3 Å². The zero-order valence-electron chi connectivity index (χ0n) is 11.2. The number of likely N-dealkylation sites (tertiary alicyclic amines) is 1. The van der Waals surface area contributed by atoms with E-state index in [9.17, 15) is 4.79 Å². The molecular weight excluding hydrogens is 290 g/mol. The molecule has 0 saturated carbocycles. The van der Waals surface area contributed by atoms with Gasteiger partial charge in [-0.1, -0.05) is 4.49 Å². The van der Waals surface area contributed by atoms with E-state index in [-0.39, 0.29) is 12.0 Å². The minimum atomic E-state index is -0.0735. The van der Waals surface area contributed by atoms with Gasteiger partial charge >= 0.3 is 0 Å². The molecule has 8 heteroatoms. The van der Waals surface area contributed by atoms with E-state index in [0.29, 0.717) is 35.1 Å². The Balaban J connectivity index is 1.55. The third-order valence-corrected chi connectivity index (χ3v) is 3.95.